The molecule has 1 aromatic carbocycles. The van der Waals surface area contributed by atoms with E-state index in [4.69, 9.17) is 19.9 Å². The van der Waals surface area contributed by atoms with Crippen LogP contribution in [0.1, 0.15) is 5.56 Å². The zero-order valence-electron chi connectivity index (χ0n) is 11.7. The van der Waals surface area contributed by atoms with Gasteiger partial charge in [0, 0.05) is 18.1 Å². The van der Waals surface area contributed by atoms with Crippen LogP contribution in [-0.2, 0) is 16.1 Å². The average molecular weight is 347 g/mol. The van der Waals surface area contributed by atoms with Crippen LogP contribution >= 0.6 is 15.9 Å². The summed E-state index contributed by atoms with van der Waals surface area (Å²) in [7, 11) is 4.62. The van der Waals surface area contributed by atoms with Crippen molar-refractivity contribution in [3.63, 3.8) is 0 Å². The summed E-state index contributed by atoms with van der Waals surface area (Å²) in [5, 5.41) is 2.74. The van der Waals surface area contributed by atoms with E-state index < -0.39 is 6.04 Å². The third-order valence-corrected chi connectivity index (χ3v) is 3.43. The second-order valence-corrected chi connectivity index (χ2v) is 4.93. The molecule has 1 unspecified atom stereocenters. The largest absolute Gasteiger partial charge is 0.493 e. The van der Waals surface area contributed by atoms with Crippen molar-refractivity contribution in [1.82, 2.24) is 5.32 Å². The third kappa shape index (κ3) is 4.36. The number of hydrogen-bond acceptors (Lipinski definition) is 5. The van der Waals surface area contributed by atoms with Gasteiger partial charge < -0.3 is 25.3 Å². The highest BCUT2D eigenvalue weighted by Gasteiger charge is 2.14. The molecule has 6 nitrogen and oxygen atoms in total. The molecule has 0 aliphatic carbocycles. The summed E-state index contributed by atoms with van der Waals surface area (Å²) in [6.45, 7) is 0.510. The summed E-state index contributed by atoms with van der Waals surface area (Å²) in [6, 6.07) is 2.90. The van der Waals surface area contributed by atoms with Crippen LogP contribution in [0.25, 0.3) is 0 Å². The highest BCUT2D eigenvalue weighted by molar-refractivity contribution is 9.10. The smallest absolute Gasteiger partial charge is 0.239 e. The van der Waals surface area contributed by atoms with E-state index in [1.807, 2.05) is 0 Å². The minimum atomic E-state index is -0.682. The van der Waals surface area contributed by atoms with Crippen LogP contribution in [0.4, 0.5) is 0 Å². The van der Waals surface area contributed by atoms with Crippen LogP contribution in [0.5, 0.6) is 11.5 Å². The zero-order chi connectivity index (χ0) is 15.1. The summed E-state index contributed by atoms with van der Waals surface area (Å²) in [5.41, 5.74) is 6.50. The van der Waals surface area contributed by atoms with Gasteiger partial charge in [-0.1, -0.05) is 15.9 Å². The molecule has 0 radical (unpaired) electrons. The predicted molar refractivity (Wildman–Crippen MR) is 78.9 cm³/mol. The molecular weight excluding hydrogens is 328 g/mol. The van der Waals surface area contributed by atoms with E-state index in [9.17, 15) is 4.79 Å². The van der Waals surface area contributed by atoms with Crippen molar-refractivity contribution in [3.05, 3.63) is 22.2 Å². The van der Waals surface area contributed by atoms with Gasteiger partial charge in [-0.15, -0.1) is 0 Å². The zero-order valence-corrected chi connectivity index (χ0v) is 13.3. The minimum absolute atomic E-state index is 0.180. The van der Waals surface area contributed by atoms with Gasteiger partial charge >= 0.3 is 0 Å². The van der Waals surface area contributed by atoms with Crippen LogP contribution in [-0.4, -0.2) is 39.9 Å². The first-order valence-corrected chi connectivity index (χ1v) is 6.75. The normalized spacial score (nSPS) is 11.8. The van der Waals surface area contributed by atoms with Gasteiger partial charge in [0.25, 0.3) is 0 Å². The second-order valence-electron chi connectivity index (χ2n) is 4.08. The number of benzene rings is 1. The van der Waals surface area contributed by atoms with Gasteiger partial charge in [0.15, 0.2) is 11.5 Å². The Balaban J connectivity index is 2.75. The number of hydrogen-bond donors (Lipinski definition) is 2. The lowest BCUT2D eigenvalue weighted by Crippen LogP contribution is -2.43. The number of carbonyl (C=O) groups excluding carboxylic acids is 1. The lowest BCUT2D eigenvalue weighted by Gasteiger charge is -2.14. The monoisotopic (exact) mass is 346 g/mol. The van der Waals surface area contributed by atoms with Crippen LogP contribution < -0.4 is 20.5 Å². The lowest BCUT2D eigenvalue weighted by atomic mass is 10.2. The van der Waals surface area contributed by atoms with E-state index in [0.29, 0.717) is 18.0 Å². The van der Waals surface area contributed by atoms with Gasteiger partial charge in [-0.05, 0) is 17.7 Å². The Labute approximate surface area is 126 Å². The topological polar surface area (TPSA) is 82.8 Å². The molecule has 0 heterocycles. The van der Waals surface area contributed by atoms with Gasteiger partial charge in [0.2, 0.25) is 5.91 Å². The molecule has 1 aromatic rings. The Hall–Kier alpha value is -1.31. The SMILES string of the molecule is COCC(N)C(=O)NCc1cc(OC)c(OC)cc1Br. The molecule has 0 fully saturated rings. The Morgan fingerprint density at radius 3 is 2.45 bits per heavy atom. The van der Waals surface area contributed by atoms with E-state index >= 15 is 0 Å². The number of carbonyl (C=O) groups is 1. The van der Waals surface area contributed by atoms with Crippen molar-refractivity contribution >= 4 is 21.8 Å². The number of methoxy groups -OCH3 is 3. The summed E-state index contributed by atoms with van der Waals surface area (Å²) in [6.07, 6.45) is 0. The maximum Gasteiger partial charge on any atom is 0.239 e. The summed E-state index contributed by atoms with van der Waals surface area (Å²) in [4.78, 5) is 11.7. The van der Waals surface area contributed by atoms with Crippen LogP contribution in [0.2, 0.25) is 0 Å². The quantitative estimate of drug-likeness (QED) is 0.771. The number of ether oxygens (including phenoxy) is 3. The van der Waals surface area contributed by atoms with Crippen molar-refractivity contribution in [2.45, 2.75) is 12.6 Å². The molecular formula is C13H19BrN2O4. The van der Waals surface area contributed by atoms with E-state index in [1.54, 1.807) is 26.4 Å². The predicted octanol–water partition coefficient (Wildman–Crippen LogP) is 1.06. The fourth-order valence-electron chi connectivity index (χ4n) is 1.60. The van der Waals surface area contributed by atoms with E-state index in [1.165, 1.54) is 7.11 Å². The van der Waals surface area contributed by atoms with Gasteiger partial charge in [0.1, 0.15) is 6.04 Å². The maximum absolute atomic E-state index is 11.7. The average Bonchev–Trinajstić information content (AvgIpc) is 2.45. The fourth-order valence-corrected chi connectivity index (χ4v) is 2.06. The van der Waals surface area contributed by atoms with Gasteiger partial charge in [-0.3, -0.25) is 4.79 Å². The molecule has 20 heavy (non-hydrogen) atoms. The number of nitrogens with one attached hydrogen (secondary N) is 1. The first-order valence-electron chi connectivity index (χ1n) is 5.96. The van der Waals surface area contributed by atoms with E-state index in [2.05, 4.69) is 21.2 Å². The lowest BCUT2D eigenvalue weighted by molar-refractivity contribution is -0.123. The van der Waals surface area contributed by atoms with E-state index in [-0.39, 0.29) is 12.5 Å². The summed E-state index contributed by atoms with van der Waals surface area (Å²) < 4.78 is 16.1. The molecule has 1 amide bonds. The highest BCUT2D eigenvalue weighted by Crippen LogP contribution is 2.33. The van der Waals surface area contributed by atoms with Crippen molar-refractivity contribution < 1.29 is 19.0 Å². The molecule has 7 heteroatoms. The molecule has 3 N–H and O–H groups in total. The molecule has 1 rings (SSSR count). The van der Waals surface area contributed by atoms with Gasteiger partial charge in [-0.2, -0.15) is 0 Å². The Morgan fingerprint density at radius 2 is 1.90 bits per heavy atom. The first kappa shape index (κ1) is 16.7. The summed E-state index contributed by atoms with van der Waals surface area (Å²) in [5.74, 6) is 0.945. The number of halogens is 1. The van der Waals surface area contributed by atoms with Crippen LogP contribution in [0.15, 0.2) is 16.6 Å². The van der Waals surface area contributed by atoms with Crippen molar-refractivity contribution in [2.24, 2.45) is 5.73 Å². The molecule has 0 aliphatic heterocycles. The Morgan fingerprint density at radius 1 is 1.30 bits per heavy atom. The number of nitrogens with two attached hydrogens (primary N) is 1. The molecule has 0 bridgehead atoms. The van der Waals surface area contributed by atoms with Crippen molar-refractivity contribution in [2.75, 3.05) is 27.9 Å². The fraction of sp³-hybridized carbons (Fsp3) is 0.462. The minimum Gasteiger partial charge on any atom is -0.493 e. The molecule has 0 aliphatic rings. The van der Waals surface area contributed by atoms with Crippen molar-refractivity contribution in [3.8, 4) is 11.5 Å². The molecule has 1 atom stereocenters. The van der Waals surface area contributed by atoms with Crippen LogP contribution in [0.3, 0.4) is 0 Å². The molecule has 0 spiro atoms. The first-order chi connectivity index (χ1) is 9.53. The maximum atomic E-state index is 11.7. The number of amides is 1. The van der Waals surface area contributed by atoms with Crippen molar-refractivity contribution in [1.29, 1.82) is 0 Å². The number of rotatable bonds is 7. The van der Waals surface area contributed by atoms with Gasteiger partial charge in [-0.25, -0.2) is 0 Å². The molecule has 0 saturated carbocycles. The third-order valence-electron chi connectivity index (χ3n) is 2.69. The summed E-state index contributed by atoms with van der Waals surface area (Å²) >= 11 is 3.43. The Bertz CT molecular complexity index is 468. The second kappa shape index (κ2) is 8.08. The van der Waals surface area contributed by atoms with Crippen LogP contribution in [0, 0.1) is 0 Å². The molecule has 0 aromatic heterocycles. The highest BCUT2D eigenvalue weighted by atomic mass is 79.9. The van der Waals surface area contributed by atoms with Gasteiger partial charge in [0.05, 0.1) is 20.8 Å². The molecule has 112 valence electrons. The molecule has 0 saturated heterocycles. The Kier molecular flexibility index (Phi) is 6.77. The van der Waals surface area contributed by atoms with E-state index in [0.717, 1.165) is 10.0 Å². The standard InChI is InChI=1S/C13H19BrN2O4/c1-18-7-10(15)13(17)16-6-8-4-11(19-2)12(20-3)5-9(8)14/h4-5,10H,6-7,15H2,1-3H3,(H,16,17).